The van der Waals surface area contributed by atoms with Crippen LogP contribution in [0.5, 0.6) is 0 Å². The van der Waals surface area contributed by atoms with Crippen molar-refractivity contribution in [2.45, 2.75) is 31.7 Å². The fourth-order valence-electron chi connectivity index (χ4n) is 3.38. The maximum absolute atomic E-state index is 13.0. The van der Waals surface area contributed by atoms with E-state index in [1.807, 2.05) is 50.4 Å². The first-order valence-corrected chi connectivity index (χ1v) is 10.9. The van der Waals surface area contributed by atoms with Gasteiger partial charge in [0.2, 0.25) is 10.0 Å². The van der Waals surface area contributed by atoms with Gasteiger partial charge in [0.25, 0.3) is 5.91 Å². The van der Waals surface area contributed by atoms with E-state index in [4.69, 9.17) is 4.42 Å². The number of aryl methyl sites for hydroxylation is 2. The van der Waals surface area contributed by atoms with Crippen LogP contribution in [0.15, 0.2) is 45.9 Å². The van der Waals surface area contributed by atoms with Crippen LogP contribution in [-0.2, 0) is 14.8 Å². The Morgan fingerprint density at radius 3 is 2.54 bits per heavy atom. The highest BCUT2D eigenvalue weighted by Crippen LogP contribution is 2.22. The lowest BCUT2D eigenvalue weighted by atomic mass is 10.2. The molecule has 0 saturated carbocycles. The summed E-state index contributed by atoms with van der Waals surface area (Å²) in [5, 5.41) is 1.93. The van der Waals surface area contributed by atoms with Gasteiger partial charge in [-0.3, -0.25) is 4.79 Å². The van der Waals surface area contributed by atoms with Gasteiger partial charge in [0.1, 0.15) is 6.04 Å². The Balaban J connectivity index is 1.56. The molecule has 0 aliphatic carbocycles. The highest BCUT2D eigenvalue weighted by molar-refractivity contribution is 7.89. The second-order valence-corrected chi connectivity index (χ2v) is 9.20. The van der Waals surface area contributed by atoms with E-state index in [1.165, 1.54) is 4.31 Å². The zero-order valence-corrected chi connectivity index (χ0v) is 17.4. The molecule has 0 radical (unpaired) electrons. The number of nitrogens with two attached hydrogens (primary N) is 1. The first-order chi connectivity index (χ1) is 13.3. The van der Waals surface area contributed by atoms with Crippen LogP contribution in [0.25, 0.3) is 0 Å². The number of carbonyl (C=O) groups excluding carboxylic acids is 1. The van der Waals surface area contributed by atoms with Gasteiger partial charge in [-0.25, -0.2) is 8.42 Å². The predicted octanol–water partition coefficient (Wildman–Crippen LogP) is 1.05. The molecule has 3 rings (SSSR count). The summed E-state index contributed by atoms with van der Waals surface area (Å²) in [7, 11) is -3.54. The minimum atomic E-state index is -3.54. The Hall–Kier alpha value is -2.16. The minimum Gasteiger partial charge on any atom is -0.463 e. The highest BCUT2D eigenvalue weighted by Gasteiger charge is 2.31. The Kier molecular flexibility index (Phi) is 6.22. The lowest BCUT2D eigenvalue weighted by Gasteiger charge is -2.34. The number of nitrogens with zero attached hydrogens (tertiary/aromatic N) is 2. The van der Waals surface area contributed by atoms with E-state index < -0.39 is 10.0 Å². The van der Waals surface area contributed by atoms with Crippen LogP contribution >= 0.6 is 0 Å². The Morgan fingerprint density at radius 2 is 1.89 bits per heavy atom. The molecule has 2 N–H and O–H groups in total. The zero-order chi connectivity index (χ0) is 20.3. The molecular weight excluding hydrogens is 378 g/mol. The van der Waals surface area contributed by atoms with Crippen LogP contribution in [0.1, 0.15) is 29.9 Å². The van der Waals surface area contributed by atoms with Crippen molar-refractivity contribution in [1.29, 1.82) is 0 Å². The summed E-state index contributed by atoms with van der Waals surface area (Å²) in [5.41, 5.74) is 1.66. The van der Waals surface area contributed by atoms with E-state index in [-0.39, 0.29) is 11.9 Å². The summed E-state index contributed by atoms with van der Waals surface area (Å²) in [4.78, 5) is 14.6. The number of piperazine rings is 1. The SMILES string of the molecule is Cc1ccc(C)c(S(=O)(=O)N2CCN(C(=O)C[NH2+][C@H](C)c3ccco3)CC2)c1. The molecule has 1 atom stereocenters. The summed E-state index contributed by atoms with van der Waals surface area (Å²) < 4.78 is 32.8. The van der Waals surface area contributed by atoms with Crippen LogP contribution in [-0.4, -0.2) is 56.3 Å². The number of hydrogen-bond acceptors (Lipinski definition) is 4. The third kappa shape index (κ3) is 4.45. The van der Waals surface area contributed by atoms with E-state index in [2.05, 4.69) is 0 Å². The summed E-state index contributed by atoms with van der Waals surface area (Å²) in [6.07, 6.45) is 1.62. The van der Waals surface area contributed by atoms with E-state index in [0.717, 1.165) is 16.9 Å². The molecule has 152 valence electrons. The van der Waals surface area contributed by atoms with Gasteiger partial charge < -0.3 is 14.6 Å². The van der Waals surface area contributed by atoms with E-state index in [9.17, 15) is 13.2 Å². The van der Waals surface area contributed by atoms with E-state index >= 15 is 0 Å². The van der Waals surface area contributed by atoms with Crippen LogP contribution < -0.4 is 5.32 Å². The van der Waals surface area contributed by atoms with Gasteiger partial charge in [-0.15, -0.1) is 0 Å². The van der Waals surface area contributed by atoms with Crippen molar-refractivity contribution in [1.82, 2.24) is 9.21 Å². The minimum absolute atomic E-state index is 0.0159. The monoisotopic (exact) mass is 406 g/mol. The number of rotatable bonds is 6. The average molecular weight is 407 g/mol. The smallest absolute Gasteiger partial charge is 0.277 e. The third-order valence-corrected chi connectivity index (χ3v) is 7.23. The molecule has 0 unspecified atom stereocenters. The van der Waals surface area contributed by atoms with Crippen molar-refractivity contribution in [3.63, 3.8) is 0 Å². The van der Waals surface area contributed by atoms with Crippen molar-refractivity contribution in [2.24, 2.45) is 0 Å². The van der Waals surface area contributed by atoms with Crippen LogP contribution in [0, 0.1) is 13.8 Å². The van der Waals surface area contributed by atoms with Gasteiger partial charge in [0.05, 0.1) is 11.2 Å². The lowest BCUT2D eigenvalue weighted by molar-refractivity contribution is -0.685. The van der Waals surface area contributed by atoms with E-state index in [0.29, 0.717) is 37.6 Å². The van der Waals surface area contributed by atoms with Gasteiger partial charge in [-0.1, -0.05) is 12.1 Å². The topological polar surface area (TPSA) is 87.4 Å². The fourth-order valence-corrected chi connectivity index (χ4v) is 5.11. The first-order valence-electron chi connectivity index (χ1n) is 9.51. The molecule has 1 aliphatic rings. The zero-order valence-electron chi connectivity index (χ0n) is 16.6. The third-order valence-electron chi connectivity index (χ3n) is 5.19. The molecule has 0 bridgehead atoms. The number of carbonyl (C=O) groups is 1. The molecule has 28 heavy (non-hydrogen) atoms. The van der Waals surface area contributed by atoms with Gasteiger partial charge in [-0.05, 0) is 50.1 Å². The van der Waals surface area contributed by atoms with Gasteiger partial charge >= 0.3 is 0 Å². The fraction of sp³-hybridized carbons (Fsp3) is 0.450. The largest absolute Gasteiger partial charge is 0.463 e. The molecule has 1 aromatic carbocycles. The molecule has 2 heterocycles. The molecule has 0 spiro atoms. The Morgan fingerprint density at radius 1 is 1.18 bits per heavy atom. The van der Waals surface area contributed by atoms with Crippen molar-refractivity contribution in [2.75, 3.05) is 32.7 Å². The van der Waals surface area contributed by atoms with Gasteiger partial charge in [0.15, 0.2) is 12.3 Å². The summed E-state index contributed by atoms with van der Waals surface area (Å²) in [6, 6.07) is 9.24. The van der Waals surface area contributed by atoms with Crippen molar-refractivity contribution < 1.29 is 22.9 Å². The van der Waals surface area contributed by atoms with Gasteiger partial charge in [-0.2, -0.15) is 4.31 Å². The summed E-state index contributed by atoms with van der Waals surface area (Å²) in [5.74, 6) is 0.847. The van der Waals surface area contributed by atoms with Crippen LogP contribution in [0.4, 0.5) is 0 Å². The van der Waals surface area contributed by atoms with Gasteiger partial charge in [0, 0.05) is 26.2 Å². The molecule has 7 nitrogen and oxygen atoms in total. The Labute approximate surface area is 166 Å². The standard InChI is InChI=1S/C20H27N3O4S/c1-15-6-7-16(2)19(13-15)28(25,26)23-10-8-22(9-11-23)20(24)14-21-17(3)18-5-4-12-27-18/h4-7,12-13,17,21H,8-11,14H2,1-3H3/p+1/t17-/m1/s1. The summed E-state index contributed by atoms with van der Waals surface area (Å²) in [6.45, 7) is 7.44. The Bertz CT molecular complexity index is 917. The molecule has 1 aliphatic heterocycles. The second-order valence-electron chi connectivity index (χ2n) is 7.30. The number of furan rings is 1. The quantitative estimate of drug-likeness (QED) is 0.777. The van der Waals surface area contributed by atoms with E-state index in [1.54, 1.807) is 17.2 Å². The second kappa shape index (κ2) is 8.46. The lowest BCUT2D eigenvalue weighted by Crippen LogP contribution is -2.87. The van der Waals surface area contributed by atoms with Crippen LogP contribution in [0.3, 0.4) is 0 Å². The molecule has 1 fully saturated rings. The van der Waals surface area contributed by atoms with Crippen molar-refractivity contribution in [3.05, 3.63) is 53.5 Å². The molecular formula is C20H28N3O4S+. The van der Waals surface area contributed by atoms with Crippen molar-refractivity contribution in [3.8, 4) is 0 Å². The number of hydrogen-bond donors (Lipinski definition) is 1. The van der Waals surface area contributed by atoms with Crippen LogP contribution in [0.2, 0.25) is 0 Å². The molecule has 1 aromatic heterocycles. The number of benzene rings is 1. The first kappa shape index (κ1) is 20.6. The van der Waals surface area contributed by atoms with Crippen molar-refractivity contribution >= 4 is 15.9 Å². The number of quaternary nitrogens is 1. The normalized spacial score (nSPS) is 16.9. The maximum atomic E-state index is 13.0. The number of amides is 1. The average Bonchev–Trinajstić information content (AvgIpc) is 3.22. The number of sulfonamides is 1. The highest BCUT2D eigenvalue weighted by atomic mass is 32.2. The molecule has 1 saturated heterocycles. The maximum Gasteiger partial charge on any atom is 0.277 e. The molecule has 1 amide bonds. The molecule has 8 heteroatoms. The predicted molar refractivity (Wildman–Crippen MR) is 105 cm³/mol. The molecule has 2 aromatic rings. The summed E-state index contributed by atoms with van der Waals surface area (Å²) >= 11 is 0.